The molecule has 18 heavy (non-hydrogen) atoms. The molecule has 0 aliphatic rings. The standard InChI is InChI=1S/C14H17NO2S/c1-9-7-13(17-3)10(2)6-12(9)14-15-8-11(18-14)4-5-16/h6-8,16H,4-5H2,1-3H3. The highest BCUT2D eigenvalue weighted by molar-refractivity contribution is 7.15. The minimum Gasteiger partial charge on any atom is -0.496 e. The van der Waals surface area contributed by atoms with Crippen LogP contribution >= 0.6 is 11.3 Å². The number of hydrogen-bond acceptors (Lipinski definition) is 4. The maximum atomic E-state index is 8.93. The van der Waals surface area contributed by atoms with Crippen LogP contribution in [0.1, 0.15) is 16.0 Å². The van der Waals surface area contributed by atoms with E-state index < -0.39 is 0 Å². The van der Waals surface area contributed by atoms with Crippen molar-refractivity contribution in [2.45, 2.75) is 20.3 Å². The number of ether oxygens (including phenoxy) is 1. The third-order valence-electron chi connectivity index (χ3n) is 2.88. The van der Waals surface area contributed by atoms with E-state index in [4.69, 9.17) is 9.84 Å². The van der Waals surface area contributed by atoms with Gasteiger partial charge in [0.25, 0.3) is 0 Å². The molecule has 1 aromatic carbocycles. The number of methoxy groups -OCH3 is 1. The Bertz CT molecular complexity index is 549. The lowest BCUT2D eigenvalue weighted by molar-refractivity contribution is 0.300. The topological polar surface area (TPSA) is 42.4 Å². The fourth-order valence-corrected chi connectivity index (χ4v) is 2.88. The number of aliphatic hydroxyl groups excluding tert-OH is 1. The van der Waals surface area contributed by atoms with E-state index in [0.717, 1.165) is 32.3 Å². The number of hydrogen-bond donors (Lipinski definition) is 1. The van der Waals surface area contributed by atoms with Crippen molar-refractivity contribution in [1.82, 2.24) is 4.98 Å². The quantitative estimate of drug-likeness (QED) is 0.922. The SMILES string of the molecule is COc1cc(C)c(-c2ncc(CCO)s2)cc1C. The third-order valence-corrected chi connectivity index (χ3v) is 3.97. The van der Waals surface area contributed by atoms with E-state index >= 15 is 0 Å². The van der Waals surface area contributed by atoms with Crippen LogP contribution in [0.15, 0.2) is 18.3 Å². The van der Waals surface area contributed by atoms with Gasteiger partial charge in [0, 0.05) is 29.7 Å². The summed E-state index contributed by atoms with van der Waals surface area (Å²) in [6, 6.07) is 4.15. The van der Waals surface area contributed by atoms with Gasteiger partial charge in [0.1, 0.15) is 10.8 Å². The summed E-state index contributed by atoms with van der Waals surface area (Å²) in [6.07, 6.45) is 2.51. The molecule has 0 radical (unpaired) electrons. The van der Waals surface area contributed by atoms with Crippen molar-refractivity contribution in [3.63, 3.8) is 0 Å². The first-order chi connectivity index (χ1) is 8.65. The molecule has 0 atom stereocenters. The van der Waals surface area contributed by atoms with Gasteiger partial charge in [-0.2, -0.15) is 0 Å². The molecule has 0 saturated heterocycles. The van der Waals surface area contributed by atoms with Crippen molar-refractivity contribution in [3.8, 4) is 16.3 Å². The summed E-state index contributed by atoms with van der Waals surface area (Å²) in [5, 5.41) is 9.93. The van der Waals surface area contributed by atoms with Crippen LogP contribution < -0.4 is 4.74 Å². The Balaban J connectivity index is 2.40. The fraction of sp³-hybridized carbons (Fsp3) is 0.357. The summed E-state index contributed by atoms with van der Waals surface area (Å²) >= 11 is 1.63. The Morgan fingerprint density at radius 1 is 1.28 bits per heavy atom. The highest BCUT2D eigenvalue weighted by Gasteiger charge is 2.10. The number of aliphatic hydroxyl groups is 1. The van der Waals surface area contributed by atoms with Crippen molar-refractivity contribution in [1.29, 1.82) is 0 Å². The number of aromatic nitrogens is 1. The van der Waals surface area contributed by atoms with Crippen molar-refractivity contribution in [3.05, 3.63) is 34.3 Å². The van der Waals surface area contributed by atoms with Crippen LogP contribution in [0.25, 0.3) is 10.6 Å². The number of nitrogens with zero attached hydrogens (tertiary/aromatic N) is 1. The molecule has 0 spiro atoms. The molecule has 4 heteroatoms. The molecule has 2 rings (SSSR count). The van der Waals surface area contributed by atoms with E-state index in [0.29, 0.717) is 6.42 Å². The van der Waals surface area contributed by atoms with Gasteiger partial charge in [0.05, 0.1) is 7.11 Å². The van der Waals surface area contributed by atoms with Gasteiger partial charge in [0.2, 0.25) is 0 Å². The number of aryl methyl sites for hydroxylation is 2. The van der Waals surface area contributed by atoms with Crippen LogP contribution in [0.3, 0.4) is 0 Å². The molecule has 2 aromatic rings. The lowest BCUT2D eigenvalue weighted by Crippen LogP contribution is -1.90. The van der Waals surface area contributed by atoms with Gasteiger partial charge in [-0.15, -0.1) is 11.3 Å². The molecule has 0 fully saturated rings. The fourth-order valence-electron chi connectivity index (χ4n) is 1.90. The summed E-state index contributed by atoms with van der Waals surface area (Å²) in [7, 11) is 1.68. The molecular formula is C14H17NO2S. The van der Waals surface area contributed by atoms with Crippen LogP contribution in [0.5, 0.6) is 5.75 Å². The highest BCUT2D eigenvalue weighted by Crippen LogP contribution is 2.32. The predicted octanol–water partition coefficient (Wildman–Crippen LogP) is 2.97. The summed E-state index contributed by atoms with van der Waals surface area (Å²) in [5.74, 6) is 0.906. The van der Waals surface area contributed by atoms with Crippen LogP contribution in [0.4, 0.5) is 0 Å². The number of benzene rings is 1. The van der Waals surface area contributed by atoms with Crippen LogP contribution in [0, 0.1) is 13.8 Å². The van der Waals surface area contributed by atoms with E-state index in [-0.39, 0.29) is 6.61 Å². The zero-order valence-corrected chi connectivity index (χ0v) is 11.7. The normalized spacial score (nSPS) is 10.7. The Morgan fingerprint density at radius 3 is 2.72 bits per heavy atom. The second-order valence-corrected chi connectivity index (χ2v) is 5.36. The van der Waals surface area contributed by atoms with Gasteiger partial charge in [-0.1, -0.05) is 0 Å². The molecule has 96 valence electrons. The van der Waals surface area contributed by atoms with E-state index in [2.05, 4.69) is 18.0 Å². The van der Waals surface area contributed by atoms with E-state index in [1.165, 1.54) is 0 Å². The number of thiazole rings is 1. The second kappa shape index (κ2) is 5.50. The monoisotopic (exact) mass is 263 g/mol. The minimum absolute atomic E-state index is 0.169. The molecule has 0 bridgehead atoms. The molecule has 0 unspecified atom stereocenters. The van der Waals surface area contributed by atoms with E-state index in [9.17, 15) is 0 Å². The summed E-state index contributed by atoms with van der Waals surface area (Å²) in [4.78, 5) is 5.54. The molecule has 0 aliphatic carbocycles. The van der Waals surface area contributed by atoms with Gasteiger partial charge in [-0.25, -0.2) is 4.98 Å². The molecule has 0 saturated carbocycles. The minimum atomic E-state index is 0.169. The molecule has 3 nitrogen and oxygen atoms in total. The maximum Gasteiger partial charge on any atom is 0.123 e. The smallest absolute Gasteiger partial charge is 0.123 e. The maximum absolute atomic E-state index is 8.93. The number of rotatable bonds is 4. The third kappa shape index (κ3) is 2.54. The summed E-state index contributed by atoms with van der Waals surface area (Å²) < 4.78 is 5.31. The zero-order valence-electron chi connectivity index (χ0n) is 10.9. The molecule has 1 aromatic heterocycles. The Kier molecular flexibility index (Phi) is 3.99. The van der Waals surface area contributed by atoms with E-state index in [1.807, 2.05) is 19.2 Å². The molecule has 1 N–H and O–H groups in total. The lowest BCUT2D eigenvalue weighted by atomic mass is 10.1. The molecule has 1 heterocycles. The van der Waals surface area contributed by atoms with Gasteiger partial charge < -0.3 is 9.84 Å². The lowest BCUT2D eigenvalue weighted by Gasteiger charge is -2.09. The summed E-state index contributed by atoms with van der Waals surface area (Å²) in [5.41, 5.74) is 3.40. The highest BCUT2D eigenvalue weighted by atomic mass is 32.1. The van der Waals surface area contributed by atoms with E-state index in [1.54, 1.807) is 18.4 Å². The molecular weight excluding hydrogens is 246 g/mol. The first-order valence-corrected chi connectivity index (χ1v) is 6.68. The first kappa shape index (κ1) is 13.1. The Hall–Kier alpha value is -1.39. The van der Waals surface area contributed by atoms with Gasteiger partial charge in [-0.3, -0.25) is 0 Å². The Labute approximate surface area is 111 Å². The summed E-state index contributed by atoms with van der Waals surface area (Å²) in [6.45, 7) is 4.26. The van der Waals surface area contributed by atoms with Gasteiger partial charge >= 0.3 is 0 Å². The van der Waals surface area contributed by atoms with Crippen molar-refractivity contribution in [2.75, 3.05) is 13.7 Å². The van der Waals surface area contributed by atoms with Crippen molar-refractivity contribution in [2.24, 2.45) is 0 Å². The van der Waals surface area contributed by atoms with Gasteiger partial charge in [-0.05, 0) is 37.1 Å². The van der Waals surface area contributed by atoms with Crippen LogP contribution in [0.2, 0.25) is 0 Å². The van der Waals surface area contributed by atoms with Gasteiger partial charge in [0.15, 0.2) is 0 Å². The van der Waals surface area contributed by atoms with Crippen LogP contribution in [-0.4, -0.2) is 23.8 Å². The van der Waals surface area contributed by atoms with Crippen LogP contribution in [-0.2, 0) is 6.42 Å². The Morgan fingerprint density at radius 2 is 2.06 bits per heavy atom. The van der Waals surface area contributed by atoms with Crippen molar-refractivity contribution >= 4 is 11.3 Å². The molecule has 0 amide bonds. The molecule has 0 aliphatic heterocycles. The average molecular weight is 263 g/mol. The average Bonchev–Trinajstić information content (AvgIpc) is 2.80. The predicted molar refractivity (Wildman–Crippen MR) is 74.4 cm³/mol. The second-order valence-electron chi connectivity index (χ2n) is 4.24. The zero-order chi connectivity index (χ0) is 13.1. The van der Waals surface area contributed by atoms with Crippen molar-refractivity contribution < 1.29 is 9.84 Å². The first-order valence-electron chi connectivity index (χ1n) is 5.87. The largest absolute Gasteiger partial charge is 0.496 e.